The Balaban J connectivity index is 1.09. The molecule has 0 aromatic carbocycles. The van der Waals surface area contributed by atoms with Crippen LogP contribution in [0.2, 0.25) is 0 Å². The first-order valence-corrected chi connectivity index (χ1v) is 29.5. The van der Waals surface area contributed by atoms with E-state index < -0.39 is 253 Å². The van der Waals surface area contributed by atoms with Gasteiger partial charge in [0.15, 0.2) is 37.7 Å². The summed E-state index contributed by atoms with van der Waals surface area (Å²) in [5, 5.41) is 224. The molecule has 0 amide bonds. The monoisotopic (exact) mass is 1310 g/mol. The van der Waals surface area contributed by atoms with Crippen LogP contribution in [0.25, 0.3) is 0 Å². The van der Waals surface area contributed by atoms with Crippen LogP contribution in [0.1, 0.15) is 0 Å². The molecular weight excluding hydrogens is 1230 g/mol. The van der Waals surface area contributed by atoms with Crippen LogP contribution < -0.4 is 11.5 Å². The molecule has 6 aliphatic rings. The second-order valence-electron chi connectivity index (χ2n) is 21.2. The number of aliphatic carboxylic acids is 2. The fraction of sp³-hybridized carbons (Fsp3) is 0.957. The molecule has 0 saturated carbocycles. The number of carboxylic acids is 2. The predicted octanol–water partition coefficient (Wildman–Crippen LogP) is -14.4. The number of ether oxygens (including phenoxy) is 13. The van der Waals surface area contributed by atoms with Gasteiger partial charge in [-0.1, -0.05) is 0 Å². The molecular formula is C47H82N2O36S2. The van der Waals surface area contributed by atoms with Gasteiger partial charge in [0.05, 0.1) is 51.8 Å². The molecule has 25 N–H and O–H groups in total. The van der Waals surface area contributed by atoms with Gasteiger partial charge in [0.1, 0.15) is 159 Å². The van der Waals surface area contributed by atoms with E-state index in [0.717, 1.165) is 30.6 Å². The van der Waals surface area contributed by atoms with E-state index in [0.29, 0.717) is 0 Å². The van der Waals surface area contributed by atoms with E-state index in [1.165, 1.54) is 0 Å². The number of thioether (sulfide) groups is 2. The molecule has 38 nitrogen and oxygen atoms in total. The molecule has 6 rings (SSSR count). The summed E-state index contributed by atoms with van der Waals surface area (Å²) in [6, 6.07) is -2.73. The molecule has 6 aliphatic heterocycles. The maximum Gasteiger partial charge on any atom is 0.321 e. The van der Waals surface area contributed by atoms with Crippen molar-refractivity contribution in [2.24, 2.45) is 11.5 Å². The van der Waals surface area contributed by atoms with E-state index in [4.69, 9.17) is 78.2 Å². The van der Waals surface area contributed by atoms with Gasteiger partial charge in [-0.3, -0.25) is 9.59 Å². The number of aliphatic hydroxyl groups excluding tert-OH is 19. The fourth-order valence-corrected chi connectivity index (χ4v) is 12.1. The number of carboxylic acid groups (broad SMARTS) is 2. The van der Waals surface area contributed by atoms with Crippen molar-refractivity contribution in [3.05, 3.63) is 0 Å². The van der Waals surface area contributed by atoms with E-state index >= 15 is 0 Å². The largest absolute Gasteiger partial charge is 0.480 e. The highest BCUT2D eigenvalue weighted by Gasteiger charge is 2.57. The molecule has 0 aromatic heterocycles. The van der Waals surface area contributed by atoms with Crippen molar-refractivity contribution >= 4 is 35.5 Å². The summed E-state index contributed by atoms with van der Waals surface area (Å²) in [5.41, 5.74) is 11.2. The summed E-state index contributed by atoms with van der Waals surface area (Å²) in [6.07, 6.45) is -59.8. The summed E-state index contributed by atoms with van der Waals surface area (Å²) in [6.45, 7) is -5.06. The average molecular weight is 1320 g/mol. The Bertz CT molecular complexity index is 2070. The van der Waals surface area contributed by atoms with E-state index in [9.17, 15) is 112 Å². The van der Waals surface area contributed by atoms with Crippen molar-refractivity contribution in [3.8, 4) is 0 Å². The molecule has 0 spiro atoms. The normalized spacial score (nSPS) is 44.8. The third kappa shape index (κ3) is 18.0. The zero-order chi connectivity index (χ0) is 64.5. The Morgan fingerprint density at radius 2 is 0.828 bits per heavy atom. The summed E-state index contributed by atoms with van der Waals surface area (Å²) < 4.78 is 73.2. The SMILES string of the molecule is CO[C@@H](O[C@@H]1C(CO)O[C@@H](O[C@@H]2C(CSC[C@@H](N)C(=O)O)O[C@@H](O[C@@H]3C(CO)O[C@H](O[C@@H]4C(CO)O[C@H](O[C@@H]5C(CO)OCC(O)[C@H]5O)[C@@H](O)C4O)[C@@H](O)C3O)[C@@H](O)C2O)[C@@H](O)C1O)[C@@H](O)C(O)CO[C@H]1OC(CSC[C@@H](N)C(=O)O)[C@@H](O)[C@H](O)C1O. The minimum Gasteiger partial charge on any atom is -0.480 e. The third-order valence-electron chi connectivity index (χ3n) is 15.1. The number of methoxy groups -OCH3 is 1. The molecule has 0 radical (unpaired) electrons. The van der Waals surface area contributed by atoms with Crippen molar-refractivity contribution in [1.82, 2.24) is 0 Å². The molecule has 6 fully saturated rings. The molecule has 6 saturated heterocycles. The van der Waals surface area contributed by atoms with Crippen LogP contribution in [0.5, 0.6) is 0 Å². The van der Waals surface area contributed by atoms with Crippen LogP contribution in [0.3, 0.4) is 0 Å². The molecule has 40 heteroatoms. The Labute approximate surface area is 502 Å². The van der Waals surface area contributed by atoms with Crippen LogP contribution in [0, 0.1) is 0 Å². The van der Waals surface area contributed by atoms with Gasteiger partial charge in [0.2, 0.25) is 0 Å². The fourth-order valence-electron chi connectivity index (χ4n) is 9.98. The summed E-state index contributed by atoms with van der Waals surface area (Å²) in [4.78, 5) is 22.7. The highest BCUT2D eigenvalue weighted by molar-refractivity contribution is 7.99. The van der Waals surface area contributed by atoms with Crippen LogP contribution in [-0.4, -0.2) is 397 Å². The smallest absolute Gasteiger partial charge is 0.321 e. The van der Waals surface area contributed by atoms with E-state index in [2.05, 4.69) is 0 Å². The third-order valence-corrected chi connectivity index (χ3v) is 17.4. The van der Waals surface area contributed by atoms with Crippen LogP contribution in [0.4, 0.5) is 0 Å². The van der Waals surface area contributed by atoms with Crippen LogP contribution in [0.15, 0.2) is 0 Å². The first-order chi connectivity index (χ1) is 41.1. The topological polar surface area (TPSA) is 631 Å². The number of carbonyl (C=O) groups is 2. The van der Waals surface area contributed by atoms with E-state index in [1.807, 2.05) is 0 Å². The molecule has 0 aliphatic carbocycles. The summed E-state index contributed by atoms with van der Waals surface area (Å²) >= 11 is 1.75. The van der Waals surface area contributed by atoms with Gasteiger partial charge in [0.25, 0.3) is 0 Å². The highest BCUT2D eigenvalue weighted by Crippen LogP contribution is 2.37. The first kappa shape index (κ1) is 74.3. The van der Waals surface area contributed by atoms with Gasteiger partial charge in [0, 0.05) is 30.1 Å². The quantitative estimate of drug-likeness (QED) is 0.0297. The minimum atomic E-state index is -2.24. The van der Waals surface area contributed by atoms with Gasteiger partial charge >= 0.3 is 11.9 Å². The van der Waals surface area contributed by atoms with Gasteiger partial charge in [-0.15, -0.1) is 0 Å². The zero-order valence-corrected chi connectivity index (χ0v) is 47.8. The lowest BCUT2D eigenvalue weighted by atomic mass is 9.95. The van der Waals surface area contributed by atoms with Crippen molar-refractivity contribution in [2.45, 2.75) is 209 Å². The molecule has 0 aromatic rings. The van der Waals surface area contributed by atoms with Gasteiger partial charge in [-0.05, 0) is 0 Å². The second kappa shape index (κ2) is 33.9. The van der Waals surface area contributed by atoms with Gasteiger partial charge in [-0.2, -0.15) is 23.5 Å². The second-order valence-corrected chi connectivity index (χ2v) is 23.4. The Morgan fingerprint density at radius 1 is 0.471 bits per heavy atom. The van der Waals surface area contributed by atoms with Crippen molar-refractivity contribution in [2.75, 3.05) is 69.8 Å². The van der Waals surface area contributed by atoms with Crippen LogP contribution >= 0.6 is 23.5 Å². The number of hydrogen-bond donors (Lipinski definition) is 23. The van der Waals surface area contributed by atoms with Gasteiger partial charge in [-0.25, -0.2) is 0 Å². The predicted molar refractivity (Wildman–Crippen MR) is 278 cm³/mol. The number of rotatable bonds is 30. The van der Waals surface area contributed by atoms with Crippen molar-refractivity contribution in [1.29, 1.82) is 0 Å². The lowest BCUT2D eigenvalue weighted by molar-refractivity contribution is -0.390. The number of hydrogen-bond acceptors (Lipinski definition) is 38. The minimum absolute atomic E-state index is 0.120. The Hall–Kier alpha value is -1.72. The highest BCUT2D eigenvalue weighted by atomic mass is 32.2. The maximum atomic E-state index is 11.7. The number of nitrogens with two attached hydrogens (primary N) is 2. The van der Waals surface area contributed by atoms with Gasteiger partial charge < -0.3 is 180 Å². The summed E-state index contributed by atoms with van der Waals surface area (Å²) in [7, 11) is 0.977. The first-order valence-electron chi connectivity index (χ1n) is 27.2. The Kier molecular flexibility index (Phi) is 29.0. The Morgan fingerprint density at radius 3 is 1.24 bits per heavy atom. The molecule has 13 unspecified atom stereocenters. The maximum absolute atomic E-state index is 11.7. The van der Waals surface area contributed by atoms with Crippen molar-refractivity contribution < 1.29 is 178 Å². The zero-order valence-electron chi connectivity index (χ0n) is 46.2. The lowest BCUT2D eigenvalue weighted by Crippen LogP contribution is -2.68. The average Bonchev–Trinajstić information content (AvgIpc) is 0.962. The molecule has 87 heavy (non-hydrogen) atoms. The molecule has 0 bridgehead atoms. The van der Waals surface area contributed by atoms with Crippen molar-refractivity contribution in [3.63, 3.8) is 0 Å². The van der Waals surface area contributed by atoms with Crippen LogP contribution in [-0.2, 0) is 71.2 Å². The molecule has 34 atom stereocenters. The standard InChI is InChI=1S/C47H82N2O36S2/c1-73-42(23(57)15(55)7-75-43-30(64)25(59)24(58)20(79-43)10-86-8-12(48)40(69)70)81-36-17(3-51)76-46(31(65)26(36)60)85-39-21(11-87-9-13(49)41(71)72)80-47(34(68)29(39)63)84-38-19(5-53)78-45(33(67)28(38)62)83-37-18(4-52)77-44(32(66)27(37)61)82-35-16(2-50)74-6-14(54)22(35)56/h12-39,42-47,50-68H,2-11,48-49H2,1H3,(H,69,70)(H,71,72)/t12-,13-,14?,15?,16?,17?,18?,19?,20?,21?,22-,23+,24-,25+,26?,27?,28?,29?,30?,31+,32+,33+,34+,35-,36-,37-,38-,39-,42+,43+,44-,45-,46+,47+/m1/s1. The lowest BCUT2D eigenvalue weighted by Gasteiger charge is -2.49. The van der Waals surface area contributed by atoms with E-state index in [-0.39, 0.29) is 29.6 Å². The molecule has 6 heterocycles. The number of aliphatic hydroxyl groups is 19. The molecule has 508 valence electrons. The summed E-state index contributed by atoms with van der Waals surface area (Å²) in [5.74, 6) is -3.66. The van der Waals surface area contributed by atoms with E-state index in [1.54, 1.807) is 0 Å².